The molecule has 0 aliphatic heterocycles. The Morgan fingerprint density at radius 2 is 1.81 bits per heavy atom. The molecule has 16 heavy (non-hydrogen) atoms. The fraction of sp³-hybridized carbons (Fsp3) is 0.308. The second-order valence-corrected chi connectivity index (χ2v) is 5.68. The number of aromatic nitrogens is 2. The number of benzene rings is 1. The Labute approximate surface area is 104 Å². The van der Waals surface area contributed by atoms with Crippen LogP contribution in [0.5, 0.6) is 0 Å². The summed E-state index contributed by atoms with van der Waals surface area (Å²) in [5, 5.41) is 4.40. The number of hydrogen-bond acceptors (Lipinski definition) is 1. The van der Waals surface area contributed by atoms with Crippen LogP contribution < -0.4 is 0 Å². The van der Waals surface area contributed by atoms with Crippen LogP contribution in [-0.4, -0.2) is 9.78 Å². The molecule has 0 fully saturated rings. The highest BCUT2D eigenvalue weighted by atomic mass is 79.9. The van der Waals surface area contributed by atoms with Gasteiger partial charge in [-0.2, -0.15) is 5.10 Å². The average molecular weight is 279 g/mol. The number of nitrogens with zero attached hydrogens (tertiary/aromatic N) is 2. The molecular weight excluding hydrogens is 264 g/mol. The standard InChI is InChI=1S/C13H15BrN2/c1-13(2,3)12-8-9-15-16(12)11-7-5-4-6-10(11)14/h4-9H,1-3H3. The van der Waals surface area contributed by atoms with Crippen LogP contribution in [0.4, 0.5) is 0 Å². The van der Waals surface area contributed by atoms with Crippen LogP contribution in [0, 0.1) is 0 Å². The minimum Gasteiger partial charge on any atom is -0.236 e. The topological polar surface area (TPSA) is 17.8 Å². The lowest BCUT2D eigenvalue weighted by Crippen LogP contribution is -2.17. The summed E-state index contributed by atoms with van der Waals surface area (Å²) in [6.45, 7) is 6.58. The van der Waals surface area contributed by atoms with E-state index in [9.17, 15) is 0 Å². The molecule has 0 spiro atoms. The van der Waals surface area contributed by atoms with Crippen molar-refractivity contribution in [3.63, 3.8) is 0 Å². The minimum absolute atomic E-state index is 0.0891. The lowest BCUT2D eigenvalue weighted by Gasteiger charge is -2.20. The van der Waals surface area contributed by atoms with Gasteiger partial charge in [-0.05, 0) is 34.1 Å². The summed E-state index contributed by atoms with van der Waals surface area (Å²) in [4.78, 5) is 0. The molecule has 3 heteroatoms. The minimum atomic E-state index is 0.0891. The molecule has 0 radical (unpaired) electrons. The third-order valence-electron chi connectivity index (χ3n) is 2.49. The molecule has 0 N–H and O–H groups in total. The molecule has 0 bridgehead atoms. The molecule has 0 amide bonds. The van der Waals surface area contributed by atoms with Crippen LogP contribution in [0.3, 0.4) is 0 Å². The van der Waals surface area contributed by atoms with Gasteiger partial charge in [0.15, 0.2) is 0 Å². The smallest absolute Gasteiger partial charge is 0.0790 e. The fourth-order valence-corrected chi connectivity index (χ4v) is 2.14. The van der Waals surface area contributed by atoms with E-state index in [-0.39, 0.29) is 5.41 Å². The number of hydrogen-bond donors (Lipinski definition) is 0. The average Bonchev–Trinajstić information content (AvgIpc) is 2.66. The molecule has 0 atom stereocenters. The van der Waals surface area contributed by atoms with E-state index in [1.807, 2.05) is 29.1 Å². The molecule has 0 saturated carbocycles. The largest absolute Gasteiger partial charge is 0.236 e. The van der Waals surface area contributed by atoms with Gasteiger partial charge in [-0.3, -0.25) is 0 Å². The second kappa shape index (κ2) is 4.06. The Morgan fingerprint density at radius 1 is 1.12 bits per heavy atom. The summed E-state index contributed by atoms with van der Waals surface area (Å²) >= 11 is 3.56. The zero-order chi connectivity index (χ0) is 11.8. The Balaban J connectivity index is 2.58. The lowest BCUT2D eigenvalue weighted by molar-refractivity contribution is 0.543. The van der Waals surface area contributed by atoms with E-state index in [1.54, 1.807) is 0 Å². The van der Waals surface area contributed by atoms with E-state index in [2.05, 4.69) is 53.9 Å². The molecule has 0 unspecified atom stereocenters. The SMILES string of the molecule is CC(C)(C)c1ccnn1-c1ccccc1Br. The van der Waals surface area contributed by atoms with Gasteiger partial charge in [0, 0.05) is 21.8 Å². The van der Waals surface area contributed by atoms with Gasteiger partial charge in [-0.25, -0.2) is 4.68 Å². The maximum Gasteiger partial charge on any atom is 0.0790 e. The van der Waals surface area contributed by atoms with Gasteiger partial charge < -0.3 is 0 Å². The molecule has 1 heterocycles. The van der Waals surface area contributed by atoms with Gasteiger partial charge >= 0.3 is 0 Å². The summed E-state index contributed by atoms with van der Waals surface area (Å²) < 4.78 is 3.05. The Hall–Kier alpha value is -1.09. The molecule has 0 aliphatic rings. The van der Waals surface area contributed by atoms with Crippen molar-refractivity contribution < 1.29 is 0 Å². The highest BCUT2D eigenvalue weighted by Crippen LogP contribution is 2.27. The Morgan fingerprint density at radius 3 is 2.44 bits per heavy atom. The molecule has 1 aromatic heterocycles. The summed E-state index contributed by atoms with van der Waals surface area (Å²) in [7, 11) is 0. The van der Waals surface area contributed by atoms with Crippen molar-refractivity contribution in [2.24, 2.45) is 0 Å². The first kappa shape index (κ1) is 11.4. The van der Waals surface area contributed by atoms with Gasteiger partial charge in [0.1, 0.15) is 0 Å². The lowest BCUT2D eigenvalue weighted by atomic mass is 9.92. The molecule has 1 aromatic carbocycles. The van der Waals surface area contributed by atoms with E-state index >= 15 is 0 Å². The number of halogens is 1. The van der Waals surface area contributed by atoms with Crippen molar-refractivity contribution in [1.29, 1.82) is 0 Å². The van der Waals surface area contributed by atoms with E-state index in [0.29, 0.717) is 0 Å². The summed E-state index contributed by atoms with van der Waals surface area (Å²) in [6.07, 6.45) is 1.85. The van der Waals surface area contributed by atoms with E-state index < -0.39 is 0 Å². The van der Waals surface area contributed by atoms with Crippen molar-refractivity contribution in [2.75, 3.05) is 0 Å². The van der Waals surface area contributed by atoms with Crippen LogP contribution in [0.1, 0.15) is 26.5 Å². The zero-order valence-corrected chi connectivity index (χ0v) is 11.3. The second-order valence-electron chi connectivity index (χ2n) is 4.83. The van der Waals surface area contributed by atoms with Crippen LogP contribution in [0.25, 0.3) is 5.69 Å². The molecule has 2 aromatic rings. The Bertz CT molecular complexity index is 495. The molecular formula is C13H15BrN2. The van der Waals surface area contributed by atoms with Crippen LogP contribution in [0.15, 0.2) is 41.0 Å². The summed E-state index contributed by atoms with van der Waals surface area (Å²) in [5.74, 6) is 0. The van der Waals surface area contributed by atoms with Crippen molar-refractivity contribution in [2.45, 2.75) is 26.2 Å². The third kappa shape index (κ3) is 2.05. The Kier molecular flexibility index (Phi) is 2.89. The predicted octanol–water partition coefficient (Wildman–Crippen LogP) is 3.93. The number of para-hydroxylation sites is 1. The van der Waals surface area contributed by atoms with Crippen molar-refractivity contribution in [3.8, 4) is 5.69 Å². The highest BCUT2D eigenvalue weighted by molar-refractivity contribution is 9.10. The van der Waals surface area contributed by atoms with Gasteiger partial charge in [-0.15, -0.1) is 0 Å². The maximum atomic E-state index is 4.40. The van der Waals surface area contributed by atoms with Crippen LogP contribution in [0.2, 0.25) is 0 Å². The maximum absolute atomic E-state index is 4.40. The first-order valence-electron chi connectivity index (χ1n) is 5.29. The monoisotopic (exact) mass is 278 g/mol. The zero-order valence-electron chi connectivity index (χ0n) is 9.74. The van der Waals surface area contributed by atoms with Gasteiger partial charge in [-0.1, -0.05) is 32.9 Å². The first-order chi connectivity index (χ1) is 7.50. The van der Waals surface area contributed by atoms with Gasteiger partial charge in [0.05, 0.1) is 5.69 Å². The number of rotatable bonds is 1. The molecule has 0 saturated heterocycles. The van der Waals surface area contributed by atoms with Gasteiger partial charge in [0.2, 0.25) is 0 Å². The molecule has 0 aliphatic carbocycles. The van der Waals surface area contributed by atoms with E-state index in [1.165, 1.54) is 5.69 Å². The first-order valence-corrected chi connectivity index (χ1v) is 6.09. The van der Waals surface area contributed by atoms with Crippen molar-refractivity contribution >= 4 is 15.9 Å². The van der Waals surface area contributed by atoms with Crippen LogP contribution in [-0.2, 0) is 5.41 Å². The van der Waals surface area contributed by atoms with E-state index in [4.69, 9.17) is 0 Å². The molecule has 84 valence electrons. The van der Waals surface area contributed by atoms with E-state index in [0.717, 1.165) is 10.2 Å². The predicted molar refractivity (Wildman–Crippen MR) is 70.0 cm³/mol. The summed E-state index contributed by atoms with van der Waals surface area (Å²) in [5.41, 5.74) is 2.38. The fourth-order valence-electron chi connectivity index (χ4n) is 1.69. The summed E-state index contributed by atoms with van der Waals surface area (Å²) in [6, 6.07) is 10.2. The quantitative estimate of drug-likeness (QED) is 0.773. The van der Waals surface area contributed by atoms with Crippen molar-refractivity contribution in [3.05, 3.63) is 46.7 Å². The van der Waals surface area contributed by atoms with Crippen molar-refractivity contribution in [1.82, 2.24) is 9.78 Å². The molecule has 2 rings (SSSR count). The molecule has 2 nitrogen and oxygen atoms in total. The third-order valence-corrected chi connectivity index (χ3v) is 3.16. The van der Waals surface area contributed by atoms with Crippen LogP contribution >= 0.6 is 15.9 Å². The normalized spacial score (nSPS) is 11.8. The highest BCUT2D eigenvalue weighted by Gasteiger charge is 2.20. The van der Waals surface area contributed by atoms with Gasteiger partial charge in [0.25, 0.3) is 0 Å².